The summed E-state index contributed by atoms with van der Waals surface area (Å²) in [6.45, 7) is 20.1. The molecule has 46 heavy (non-hydrogen) atoms. The van der Waals surface area contributed by atoms with Crippen molar-refractivity contribution in [3.05, 3.63) is 47.2 Å². The Morgan fingerprint density at radius 2 is 1.57 bits per heavy atom. The predicted molar refractivity (Wildman–Crippen MR) is 181 cm³/mol. The molecular formula is C40H58N2O4. The van der Waals surface area contributed by atoms with Crippen LogP contribution in [0.1, 0.15) is 132 Å². The molecule has 3 saturated carbocycles. The Morgan fingerprint density at radius 3 is 2.22 bits per heavy atom. The number of nitrogens with one attached hydrogen (secondary N) is 2. The fourth-order valence-electron chi connectivity index (χ4n) is 12.0. The van der Waals surface area contributed by atoms with Crippen LogP contribution in [0.5, 0.6) is 0 Å². The van der Waals surface area contributed by atoms with Crippen LogP contribution in [0.4, 0.5) is 0 Å². The highest BCUT2D eigenvalue weighted by atomic mass is 16.5. The van der Waals surface area contributed by atoms with Crippen LogP contribution < -0.4 is 10.6 Å². The number of hydrogen-bond donors (Lipinski definition) is 2. The zero-order chi connectivity index (χ0) is 33.4. The van der Waals surface area contributed by atoms with Crippen molar-refractivity contribution < 1.29 is 19.1 Å². The van der Waals surface area contributed by atoms with Gasteiger partial charge >= 0.3 is 5.97 Å². The number of hydrogen-bond acceptors (Lipinski definition) is 5. The van der Waals surface area contributed by atoms with Crippen molar-refractivity contribution in [2.75, 3.05) is 0 Å². The number of ether oxygens (including phenoxy) is 1. The Labute approximate surface area is 277 Å². The van der Waals surface area contributed by atoms with Gasteiger partial charge in [0.25, 0.3) is 0 Å². The zero-order valence-corrected chi connectivity index (χ0v) is 29.8. The van der Waals surface area contributed by atoms with E-state index < -0.39 is 5.41 Å². The quantitative estimate of drug-likeness (QED) is 0.322. The Balaban J connectivity index is 1.36. The molecule has 4 fully saturated rings. The smallest absolute Gasteiger partial charge is 0.302 e. The van der Waals surface area contributed by atoms with E-state index in [2.05, 4.69) is 71.2 Å². The van der Waals surface area contributed by atoms with E-state index in [1.54, 1.807) is 6.92 Å². The predicted octanol–water partition coefficient (Wildman–Crippen LogP) is 8.08. The molecule has 252 valence electrons. The molecule has 0 spiro atoms. The first kappa shape index (κ1) is 33.3. The number of Topliss-reactive ketones (excluding diaryl/α,β-unsaturated/α-hetero) is 1. The maximum absolute atomic E-state index is 14.6. The monoisotopic (exact) mass is 630 g/mol. The summed E-state index contributed by atoms with van der Waals surface area (Å²) in [6, 6.07) is 10.2. The molecule has 4 aliphatic carbocycles. The molecule has 6 heteroatoms. The van der Waals surface area contributed by atoms with Gasteiger partial charge in [0.05, 0.1) is 11.5 Å². The van der Waals surface area contributed by atoms with Crippen LogP contribution in [0.25, 0.3) is 0 Å². The molecule has 0 bridgehead atoms. The van der Waals surface area contributed by atoms with Gasteiger partial charge in [0.2, 0.25) is 5.91 Å². The molecule has 2 N–H and O–H groups in total. The number of benzene rings is 1. The summed E-state index contributed by atoms with van der Waals surface area (Å²) < 4.78 is 5.93. The van der Waals surface area contributed by atoms with Crippen molar-refractivity contribution in [1.29, 1.82) is 0 Å². The highest BCUT2D eigenvalue weighted by molar-refractivity contribution is 6.06. The van der Waals surface area contributed by atoms with E-state index in [9.17, 15) is 14.4 Å². The fourth-order valence-corrected chi connectivity index (χ4v) is 12.0. The van der Waals surface area contributed by atoms with E-state index in [1.807, 2.05) is 25.1 Å². The van der Waals surface area contributed by atoms with Crippen molar-refractivity contribution in [3.63, 3.8) is 0 Å². The lowest BCUT2D eigenvalue weighted by Crippen LogP contribution is -2.66. The average Bonchev–Trinajstić information content (AvgIpc) is 3.20. The molecule has 9 atom stereocenters. The SMILES string of the molecule is CC(=O)O[C@H]1CC[C@@]2(C)C(CC[C@]3(C)C2CCC2NC4=C(C(C)C)C(=O)C[C@]4(C(=O)NC(C)c4ccccc4)CC[C@]23C)C1(C)C. The zero-order valence-electron chi connectivity index (χ0n) is 29.8. The molecular weight excluding hydrogens is 572 g/mol. The van der Waals surface area contributed by atoms with E-state index in [-0.39, 0.29) is 69.8 Å². The summed E-state index contributed by atoms with van der Waals surface area (Å²) in [5, 5.41) is 7.41. The standard InChI is InChI=1S/C40H58N2O4/c1-24(2)33-28(44)23-40(35(45)41-25(3)27-13-11-10-12-14-27)22-21-39(9)31(42-34(33)40)16-15-30-37(7)19-18-32(46-26(4)43)36(5,6)29(37)17-20-38(30,39)8/h10-14,24-25,29-32,42H,15-23H2,1-9H3,(H,41,45)/t25?,29?,30?,31?,32-,37-,38+,39+,40+/m0/s1. The number of esters is 1. The largest absolute Gasteiger partial charge is 0.462 e. The molecule has 1 heterocycles. The first-order valence-corrected chi connectivity index (χ1v) is 18.1. The number of fused-ring (bicyclic) bond motifs is 6. The summed E-state index contributed by atoms with van der Waals surface area (Å²) >= 11 is 0. The Hall–Kier alpha value is -2.63. The van der Waals surface area contributed by atoms with Gasteiger partial charge in [-0.2, -0.15) is 0 Å². The number of ketones is 1. The molecule has 1 aliphatic heterocycles. The van der Waals surface area contributed by atoms with Gasteiger partial charge in [-0.05, 0) is 97.9 Å². The van der Waals surface area contributed by atoms with Gasteiger partial charge in [0.15, 0.2) is 5.78 Å². The molecule has 1 saturated heterocycles. The van der Waals surface area contributed by atoms with Crippen LogP contribution in [0, 0.1) is 44.8 Å². The van der Waals surface area contributed by atoms with E-state index in [0.717, 1.165) is 61.8 Å². The van der Waals surface area contributed by atoms with Gasteiger partial charge < -0.3 is 15.4 Å². The van der Waals surface area contributed by atoms with E-state index in [0.29, 0.717) is 18.3 Å². The van der Waals surface area contributed by atoms with Gasteiger partial charge in [-0.3, -0.25) is 14.4 Å². The second kappa shape index (κ2) is 11.2. The van der Waals surface area contributed by atoms with Gasteiger partial charge in [0.1, 0.15) is 6.10 Å². The summed E-state index contributed by atoms with van der Waals surface area (Å²) in [6.07, 6.45) is 8.22. The molecule has 1 aromatic rings. The van der Waals surface area contributed by atoms with Crippen molar-refractivity contribution in [2.24, 2.45) is 44.8 Å². The number of amides is 1. The maximum atomic E-state index is 14.6. The van der Waals surface area contributed by atoms with Gasteiger partial charge in [-0.25, -0.2) is 0 Å². The van der Waals surface area contributed by atoms with Crippen molar-refractivity contribution in [2.45, 2.75) is 138 Å². The first-order valence-electron chi connectivity index (χ1n) is 18.1. The van der Waals surface area contributed by atoms with E-state index >= 15 is 0 Å². The van der Waals surface area contributed by atoms with Crippen LogP contribution in [-0.2, 0) is 19.1 Å². The minimum absolute atomic E-state index is 0.0134. The third-order valence-corrected chi connectivity index (χ3v) is 14.7. The van der Waals surface area contributed by atoms with Crippen LogP contribution in [0.15, 0.2) is 41.6 Å². The second-order valence-corrected chi connectivity index (χ2v) is 17.4. The van der Waals surface area contributed by atoms with Gasteiger partial charge in [0, 0.05) is 36.1 Å². The highest BCUT2D eigenvalue weighted by Gasteiger charge is 2.69. The third-order valence-electron chi connectivity index (χ3n) is 14.7. The van der Waals surface area contributed by atoms with Crippen LogP contribution >= 0.6 is 0 Å². The molecule has 0 radical (unpaired) electrons. The molecule has 6 nitrogen and oxygen atoms in total. The van der Waals surface area contributed by atoms with Crippen LogP contribution in [0.2, 0.25) is 0 Å². The molecule has 1 aromatic carbocycles. The molecule has 0 aromatic heterocycles. The summed E-state index contributed by atoms with van der Waals surface area (Å²) in [5.41, 5.74) is 2.07. The third kappa shape index (κ3) is 4.73. The lowest BCUT2D eigenvalue weighted by Gasteiger charge is -2.70. The van der Waals surface area contributed by atoms with Crippen LogP contribution in [0.3, 0.4) is 0 Å². The minimum atomic E-state index is -0.864. The number of carbonyl (C=O) groups is 3. The van der Waals surface area contributed by atoms with Crippen molar-refractivity contribution in [3.8, 4) is 0 Å². The fraction of sp³-hybridized carbons (Fsp3) is 0.725. The van der Waals surface area contributed by atoms with Crippen molar-refractivity contribution >= 4 is 17.7 Å². The Bertz CT molecular complexity index is 1430. The van der Waals surface area contributed by atoms with Gasteiger partial charge in [-0.15, -0.1) is 0 Å². The Morgan fingerprint density at radius 1 is 0.870 bits per heavy atom. The lowest BCUT2D eigenvalue weighted by atomic mass is 9.35. The number of carbonyl (C=O) groups excluding carboxylic acids is 3. The maximum Gasteiger partial charge on any atom is 0.302 e. The molecule has 6 rings (SSSR count). The summed E-state index contributed by atoms with van der Waals surface area (Å²) in [4.78, 5) is 40.3. The number of rotatable bonds is 5. The average molecular weight is 631 g/mol. The van der Waals surface area contributed by atoms with Crippen molar-refractivity contribution in [1.82, 2.24) is 10.6 Å². The topological polar surface area (TPSA) is 84.5 Å². The Kier molecular flexibility index (Phi) is 8.12. The molecule has 4 unspecified atom stereocenters. The van der Waals surface area contributed by atoms with E-state index in [1.165, 1.54) is 0 Å². The number of allylic oxidation sites excluding steroid dienone is 1. The lowest BCUT2D eigenvalue weighted by molar-refractivity contribution is -0.223. The highest BCUT2D eigenvalue weighted by Crippen LogP contribution is 2.73. The summed E-state index contributed by atoms with van der Waals surface area (Å²) in [5.74, 6) is 1.02. The van der Waals surface area contributed by atoms with Gasteiger partial charge in [-0.1, -0.05) is 78.8 Å². The van der Waals surface area contributed by atoms with Crippen LogP contribution in [-0.4, -0.2) is 29.8 Å². The summed E-state index contributed by atoms with van der Waals surface area (Å²) in [7, 11) is 0. The normalized spacial score (nSPS) is 40.4. The molecule has 5 aliphatic rings. The molecule has 1 amide bonds. The first-order chi connectivity index (χ1) is 21.5. The van der Waals surface area contributed by atoms with E-state index in [4.69, 9.17) is 4.74 Å². The minimum Gasteiger partial charge on any atom is -0.462 e. The second-order valence-electron chi connectivity index (χ2n) is 17.4.